The monoisotopic (exact) mass is 248 g/mol. The van der Waals surface area contributed by atoms with Crippen molar-refractivity contribution in [1.82, 2.24) is 4.98 Å². The fraction of sp³-hybridized carbons (Fsp3) is 0.667. The Morgan fingerprint density at radius 2 is 2.06 bits per heavy atom. The van der Waals surface area contributed by atoms with Gasteiger partial charge in [-0.3, -0.25) is 4.98 Å². The number of aliphatic hydroxyl groups is 1. The Morgan fingerprint density at radius 1 is 1.33 bits per heavy atom. The smallest absolute Gasteiger partial charge is 0.0931 e. The van der Waals surface area contributed by atoms with E-state index >= 15 is 0 Å². The molecule has 3 nitrogen and oxygen atoms in total. The summed E-state index contributed by atoms with van der Waals surface area (Å²) in [5.74, 6) is 0.732. The molecule has 0 unspecified atom stereocenters. The molecule has 1 aliphatic rings. The lowest BCUT2D eigenvalue weighted by atomic mass is 10.1. The van der Waals surface area contributed by atoms with Gasteiger partial charge in [-0.2, -0.15) is 0 Å². The highest BCUT2D eigenvalue weighted by molar-refractivity contribution is 5.47. The van der Waals surface area contributed by atoms with Gasteiger partial charge in [0.1, 0.15) is 0 Å². The first kappa shape index (κ1) is 13.3. The largest absolute Gasteiger partial charge is 0.387 e. The normalized spacial score (nSPS) is 16.9. The third kappa shape index (κ3) is 3.45. The minimum Gasteiger partial charge on any atom is -0.387 e. The van der Waals surface area contributed by atoms with Gasteiger partial charge in [-0.25, -0.2) is 0 Å². The molecule has 0 aromatic carbocycles. The molecule has 1 aromatic heterocycles. The number of aromatic nitrogens is 1. The molecule has 100 valence electrons. The Kier molecular flexibility index (Phi) is 4.23. The van der Waals surface area contributed by atoms with Crippen LogP contribution in [0.15, 0.2) is 18.3 Å². The molecule has 0 radical (unpaired) electrons. The van der Waals surface area contributed by atoms with E-state index < -0.39 is 6.10 Å². The predicted molar refractivity (Wildman–Crippen MR) is 74.7 cm³/mol. The minimum atomic E-state index is -0.482. The lowest BCUT2D eigenvalue weighted by Gasteiger charge is -2.25. The van der Waals surface area contributed by atoms with Crippen molar-refractivity contribution in [1.29, 1.82) is 0 Å². The summed E-state index contributed by atoms with van der Waals surface area (Å²) in [6.07, 6.45) is 5.24. The summed E-state index contributed by atoms with van der Waals surface area (Å²) in [5.41, 5.74) is 1.95. The molecule has 0 amide bonds. The summed E-state index contributed by atoms with van der Waals surface area (Å²) >= 11 is 0. The quantitative estimate of drug-likeness (QED) is 0.840. The molecule has 1 N–H and O–H groups in total. The van der Waals surface area contributed by atoms with Crippen LogP contribution in [0.1, 0.15) is 51.8 Å². The van der Waals surface area contributed by atoms with Gasteiger partial charge in [0.2, 0.25) is 0 Å². The lowest BCUT2D eigenvalue weighted by Crippen LogP contribution is -2.27. The molecule has 1 heterocycles. The third-order valence-electron chi connectivity index (χ3n) is 3.47. The molecular weight excluding hydrogens is 224 g/mol. The van der Waals surface area contributed by atoms with Crippen molar-refractivity contribution >= 4 is 5.69 Å². The standard InChI is InChI=1S/C15H24N2O/c1-11(2)8-9-17(13-4-5-13)14-6-7-15(12(3)18)16-10-14/h6-7,10-13,18H,4-5,8-9H2,1-3H3/t12-/m1/s1. The van der Waals surface area contributed by atoms with Crippen molar-refractivity contribution in [3.8, 4) is 0 Å². The maximum Gasteiger partial charge on any atom is 0.0931 e. The number of hydrogen-bond donors (Lipinski definition) is 1. The minimum absolute atomic E-state index is 0.482. The molecule has 1 aromatic rings. The molecule has 0 spiro atoms. The van der Waals surface area contributed by atoms with Crippen LogP contribution in [0.2, 0.25) is 0 Å². The molecule has 0 aliphatic heterocycles. The fourth-order valence-electron chi connectivity index (χ4n) is 2.12. The van der Waals surface area contributed by atoms with Crippen LogP contribution >= 0.6 is 0 Å². The molecule has 1 atom stereocenters. The van der Waals surface area contributed by atoms with Gasteiger partial charge in [-0.15, -0.1) is 0 Å². The van der Waals surface area contributed by atoms with Crippen LogP contribution in [0, 0.1) is 5.92 Å². The van der Waals surface area contributed by atoms with Crippen LogP contribution in [-0.2, 0) is 0 Å². The van der Waals surface area contributed by atoms with Crippen molar-refractivity contribution in [2.75, 3.05) is 11.4 Å². The topological polar surface area (TPSA) is 36.4 Å². The van der Waals surface area contributed by atoms with E-state index in [2.05, 4.69) is 29.8 Å². The van der Waals surface area contributed by atoms with E-state index in [4.69, 9.17) is 0 Å². The first-order chi connectivity index (χ1) is 8.58. The first-order valence-corrected chi connectivity index (χ1v) is 6.98. The molecule has 1 aliphatic carbocycles. The van der Waals surface area contributed by atoms with Gasteiger partial charge in [0.05, 0.1) is 23.7 Å². The van der Waals surface area contributed by atoms with Gasteiger partial charge < -0.3 is 10.0 Å². The van der Waals surface area contributed by atoms with Crippen LogP contribution in [0.4, 0.5) is 5.69 Å². The van der Waals surface area contributed by atoms with Crippen LogP contribution in [0.25, 0.3) is 0 Å². The number of nitrogens with zero attached hydrogens (tertiary/aromatic N) is 2. The van der Waals surface area contributed by atoms with Crippen LogP contribution in [0.5, 0.6) is 0 Å². The van der Waals surface area contributed by atoms with Gasteiger partial charge in [0.15, 0.2) is 0 Å². The molecule has 1 fully saturated rings. The van der Waals surface area contributed by atoms with E-state index in [9.17, 15) is 5.11 Å². The fourth-order valence-corrected chi connectivity index (χ4v) is 2.12. The second-order valence-corrected chi connectivity index (χ2v) is 5.72. The van der Waals surface area contributed by atoms with Gasteiger partial charge >= 0.3 is 0 Å². The van der Waals surface area contributed by atoms with Gasteiger partial charge in [-0.05, 0) is 44.2 Å². The van der Waals surface area contributed by atoms with Gasteiger partial charge in [0.25, 0.3) is 0 Å². The Balaban J connectivity index is 2.05. The highest BCUT2D eigenvalue weighted by atomic mass is 16.3. The summed E-state index contributed by atoms with van der Waals surface area (Å²) in [6, 6.07) is 4.74. The molecule has 18 heavy (non-hydrogen) atoms. The average Bonchev–Trinajstić information content (AvgIpc) is 3.14. The number of hydrogen-bond acceptors (Lipinski definition) is 3. The second-order valence-electron chi connectivity index (χ2n) is 5.72. The molecule has 3 heteroatoms. The van der Waals surface area contributed by atoms with E-state index in [0.29, 0.717) is 6.04 Å². The van der Waals surface area contributed by atoms with E-state index in [1.165, 1.54) is 24.9 Å². The maximum absolute atomic E-state index is 9.47. The predicted octanol–water partition coefficient (Wildman–Crippen LogP) is 3.15. The van der Waals surface area contributed by atoms with Crippen LogP contribution in [-0.4, -0.2) is 22.7 Å². The van der Waals surface area contributed by atoms with E-state index in [1.807, 2.05) is 12.3 Å². The third-order valence-corrected chi connectivity index (χ3v) is 3.47. The van der Waals surface area contributed by atoms with Crippen molar-refractivity contribution in [2.45, 2.75) is 52.2 Å². The number of aliphatic hydroxyl groups excluding tert-OH is 1. The van der Waals surface area contributed by atoms with Crippen molar-refractivity contribution in [2.24, 2.45) is 5.92 Å². The number of rotatable bonds is 6. The van der Waals surface area contributed by atoms with Crippen LogP contribution < -0.4 is 4.90 Å². The summed E-state index contributed by atoms with van der Waals surface area (Å²) in [5, 5.41) is 9.47. The van der Waals surface area contributed by atoms with Gasteiger partial charge in [-0.1, -0.05) is 13.8 Å². The summed E-state index contributed by atoms with van der Waals surface area (Å²) < 4.78 is 0. The van der Waals surface area contributed by atoms with Crippen molar-refractivity contribution < 1.29 is 5.11 Å². The molecule has 1 saturated carbocycles. The highest BCUT2D eigenvalue weighted by Gasteiger charge is 2.29. The van der Waals surface area contributed by atoms with E-state index in [1.54, 1.807) is 6.92 Å². The van der Waals surface area contributed by atoms with Crippen LogP contribution in [0.3, 0.4) is 0 Å². The molecule has 2 rings (SSSR count). The molecule has 0 bridgehead atoms. The zero-order valence-corrected chi connectivity index (χ0v) is 11.6. The number of anilines is 1. The van der Waals surface area contributed by atoms with E-state index in [0.717, 1.165) is 18.2 Å². The summed E-state index contributed by atoms with van der Waals surface area (Å²) in [6.45, 7) is 7.39. The van der Waals surface area contributed by atoms with E-state index in [-0.39, 0.29) is 0 Å². The first-order valence-electron chi connectivity index (χ1n) is 6.98. The Morgan fingerprint density at radius 3 is 2.50 bits per heavy atom. The van der Waals surface area contributed by atoms with Crippen molar-refractivity contribution in [3.05, 3.63) is 24.0 Å². The maximum atomic E-state index is 9.47. The number of pyridine rings is 1. The SMILES string of the molecule is CC(C)CCN(c1ccc([C@@H](C)O)nc1)C1CC1. The Bertz CT molecular complexity index is 369. The summed E-state index contributed by atoms with van der Waals surface area (Å²) in [7, 11) is 0. The zero-order chi connectivity index (χ0) is 13.1. The molecular formula is C15H24N2O. The average molecular weight is 248 g/mol. The molecule has 0 saturated heterocycles. The van der Waals surface area contributed by atoms with Gasteiger partial charge in [0, 0.05) is 12.6 Å². The Hall–Kier alpha value is -1.09. The van der Waals surface area contributed by atoms with Crippen molar-refractivity contribution in [3.63, 3.8) is 0 Å². The zero-order valence-electron chi connectivity index (χ0n) is 11.6. The Labute approximate surface area is 110 Å². The highest BCUT2D eigenvalue weighted by Crippen LogP contribution is 2.32. The summed E-state index contributed by atoms with van der Waals surface area (Å²) in [4.78, 5) is 6.82. The second kappa shape index (κ2) is 5.70. The lowest BCUT2D eigenvalue weighted by molar-refractivity contribution is 0.194.